The van der Waals surface area contributed by atoms with E-state index in [-0.39, 0.29) is 29.5 Å². The molecule has 0 N–H and O–H groups in total. The average molecular weight is 287 g/mol. The van der Waals surface area contributed by atoms with Gasteiger partial charge in [0.15, 0.2) is 0 Å². The molecule has 0 heterocycles. The van der Waals surface area contributed by atoms with Crippen molar-refractivity contribution in [3.8, 4) is 0 Å². The van der Waals surface area contributed by atoms with E-state index in [1.807, 2.05) is 0 Å². The second-order valence-corrected chi connectivity index (χ2v) is 0.671. The zero-order chi connectivity index (χ0) is 10.7. The third-order valence-electron chi connectivity index (χ3n) is 0. The molecule has 0 fully saturated rings. The molecule has 0 bridgehead atoms. The van der Waals surface area contributed by atoms with Crippen molar-refractivity contribution in [3.63, 3.8) is 0 Å². The molecular weight excluding hydrogens is 285 g/mol. The SMILES string of the molecule is O=[N+]([O-])[O-].O=[N+]([O-])[O-].O=[N+]([O-])[O-].[ClH2+].[Cu+2]. The molecule has 0 saturated heterocycles. The van der Waals surface area contributed by atoms with Crippen LogP contribution in [0.15, 0.2) is 0 Å². The third kappa shape index (κ3) is 364. The first kappa shape index (κ1) is 29.4. The third-order valence-corrected chi connectivity index (χ3v) is 0. The summed E-state index contributed by atoms with van der Waals surface area (Å²) in [5, 5.41) is 44.2. The zero-order valence-corrected chi connectivity index (χ0v) is 7.60. The molecule has 0 aliphatic carbocycles. The van der Waals surface area contributed by atoms with Crippen molar-refractivity contribution in [2.75, 3.05) is 0 Å². The fraction of sp³-hybridized carbons (Fsp3) is 0. The predicted octanol–water partition coefficient (Wildman–Crippen LogP) is -1.26. The normalized spacial score (nSPS) is 5.14. The van der Waals surface area contributed by atoms with Crippen LogP contribution >= 0.6 is 0 Å². The minimum atomic E-state index is -1.75. The van der Waals surface area contributed by atoms with Gasteiger partial charge in [0.25, 0.3) is 0 Å². The summed E-state index contributed by atoms with van der Waals surface area (Å²) in [7, 11) is 0. The standard InChI is InChI=1S/ClH2.Cu.3NO3/c;;3*2-1(3)4/h1H2;;;;/q+1;+2;3*-1. The molecule has 14 heteroatoms. The van der Waals surface area contributed by atoms with Crippen LogP contribution in [0.5, 0.6) is 0 Å². The van der Waals surface area contributed by atoms with Crippen LogP contribution in [-0.2, 0) is 17.1 Å². The molecule has 1 radical (unpaired) electrons. The smallest absolute Gasteiger partial charge is 0.356 e. The van der Waals surface area contributed by atoms with Crippen molar-refractivity contribution in [1.29, 1.82) is 0 Å². The van der Waals surface area contributed by atoms with Gasteiger partial charge in [-0.05, 0) is 0 Å². The maximum atomic E-state index is 8.25. The van der Waals surface area contributed by atoms with E-state index in [1.54, 1.807) is 0 Å². The molecule has 14 heavy (non-hydrogen) atoms. The molecule has 0 unspecified atom stereocenters. The van der Waals surface area contributed by atoms with E-state index < -0.39 is 15.3 Å². The first-order valence-electron chi connectivity index (χ1n) is 1.64. The first-order chi connectivity index (χ1) is 5.20. The van der Waals surface area contributed by atoms with E-state index in [1.165, 1.54) is 0 Å². The Morgan fingerprint density at radius 3 is 0.571 bits per heavy atom. The summed E-state index contributed by atoms with van der Waals surface area (Å²) in [6.07, 6.45) is 0. The second kappa shape index (κ2) is 22.5. The van der Waals surface area contributed by atoms with E-state index in [4.69, 9.17) is 46.0 Å². The van der Waals surface area contributed by atoms with Gasteiger partial charge in [0.1, 0.15) is 0 Å². The largest absolute Gasteiger partial charge is 2.00 e. The van der Waals surface area contributed by atoms with Gasteiger partial charge in [-0.2, -0.15) is 0 Å². The Bertz CT molecular complexity index is 118. The van der Waals surface area contributed by atoms with Gasteiger partial charge in [0.05, 0.1) is 27.7 Å². The molecule has 0 aromatic rings. The maximum Gasteiger partial charge on any atom is 2.00 e. The van der Waals surface area contributed by atoms with Gasteiger partial charge in [0.2, 0.25) is 0 Å². The zero-order valence-electron chi connectivity index (χ0n) is 5.76. The van der Waals surface area contributed by atoms with Crippen LogP contribution in [0.25, 0.3) is 0 Å². The Morgan fingerprint density at radius 2 is 0.571 bits per heavy atom. The number of hydrogen-bond acceptors (Lipinski definition) is 9. The van der Waals surface area contributed by atoms with Gasteiger partial charge in [0, 0.05) is 0 Å². The molecule has 0 saturated carbocycles. The molecule has 0 aromatic heterocycles. The topological polar surface area (TPSA) is 199 Å². The molecule has 89 valence electrons. The van der Waals surface area contributed by atoms with Crippen molar-refractivity contribution in [1.82, 2.24) is 0 Å². The fourth-order valence-electron chi connectivity index (χ4n) is 0. The van der Waals surface area contributed by atoms with Crippen molar-refractivity contribution < 1.29 is 44.7 Å². The van der Waals surface area contributed by atoms with Gasteiger partial charge in [-0.15, -0.1) is 0 Å². The average Bonchev–Trinajstić information content (AvgIpc) is 1.54. The van der Waals surface area contributed by atoms with Crippen LogP contribution in [0, 0.1) is 58.4 Å². The van der Waals surface area contributed by atoms with E-state index in [9.17, 15) is 0 Å². The summed E-state index contributed by atoms with van der Waals surface area (Å²) in [6, 6.07) is 0. The van der Waals surface area contributed by atoms with E-state index in [0.717, 1.165) is 0 Å². The minimum Gasteiger partial charge on any atom is -0.356 e. The first-order valence-corrected chi connectivity index (χ1v) is 1.64. The molecule has 0 aromatic carbocycles. The Morgan fingerprint density at radius 1 is 0.571 bits per heavy atom. The van der Waals surface area contributed by atoms with Crippen LogP contribution in [0.2, 0.25) is 0 Å². The Labute approximate surface area is 91.3 Å². The van der Waals surface area contributed by atoms with Crippen molar-refractivity contribution in [2.24, 2.45) is 0 Å². The molecule has 0 rings (SSSR count). The van der Waals surface area contributed by atoms with Crippen molar-refractivity contribution >= 4 is 0 Å². The number of rotatable bonds is 0. The molecule has 0 aliphatic rings. The van der Waals surface area contributed by atoms with Crippen LogP contribution in [0.4, 0.5) is 0 Å². The molecule has 0 spiro atoms. The van der Waals surface area contributed by atoms with E-state index in [2.05, 4.69) is 0 Å². The molecular formula is H2ClCuN3O9. The summed E-state index contributed by atoms with van der Waals surface area (Å²) in [5.41, 5.74) is 0. The predicted molar refractivity (Wildman–Crippen MR) is 33.9 cm³/mol. The van der Waals surface area contributed by atoms with Gasteiger partial charge in [-0.3, -0.25) is 0 Å². The molecule has 12 nitrogen and oxygen atoms in total. The van der Waals surface area contributed by atoms with Crippen LogP contribution < -0.4 is 0 Å². The van der Waals surface area contributed by atoms with Crippen LogP contribution in [0.1, 0.15) is 0 Å². The summed E-state index contributed by atoms with van der Waals surface area (Å²) in [6.45, 7) is 0. The second-order valence-electron chi connectivity index (χ2n) is 0.671. The van der Waals surface area contributed by atoms with Gasteiger partial charge < -0.3 is 46.0 Å². The fourth-order valence-corrected chi connectivity index (χ4v) is 0. The number of hydrogen-bond donors (Lipinski definition) is 0. The maximum absolute atomic E-state index is 8.25. The van der Waals surface area contributed by atoms with Crippen LogP contribution in [0.3, 0.4) is 0 Å². The monoisotopic (exact) mass is 286 g/mol. The summed E-state index contributed by atoms with van der Waals surface area (Å²) >= 11 is 0. The molecule has 0 amide bonds. The Kier molecular flexibility index (Phi) is 47.3. The Hall–Kier alpha value is -1.59. The molecule has 0 atom stereocenters. The van der Waals surface area contributed by atoms with Crippen molar-refractivity contribution in [3.05, 3.63) is 46.0 Å². The Balaban J connectivity index is -0.0000000270. The summed E-state index contributed by atoms with van der Waals surface area (Å²) in [4.78, 5) is 24.8. The van der Waals surface area contributed by atoms with E-state index >= 15 is 0 Å². The van der Waals surface area contributed by atoms with Crippen molar-refractivity contribution in [2.45, 2.75) is 0 Å². The molecule has 0 aliphatic heterocycles. The van der Waals surface area contributed by atoms with E-state index in [0.29, 0.717) is 0 Å². The van der Waals surface area contributed by atoms with Gasteiger partial charge in [-0.25, -0.2) is 0 Å². The summed E-state index contributed by atoms with van der Waals surface area (Å²) in [5.74, 6) is 0. The van der Waals surface area contributed by atoms with Gasteiger partial charge >= 0.3 is 17.1 Å². The quantitative estimate of drug-likeness (QED) is 0.296. The minimum absolute atomic E-state index is 0. The van der Waals surface area contributed by atoms with Crippen LogP contribution in [-0.4, -0.2) is 15.3 Å². The number of nitrogens with zero attached hydrogens (tertiary/aromatic N) is 3. The van der Waals surface area contributed by atoms with Gasteiger partial charge in [-0.1, -0.05) is 0 Å². The number of halogens is 1. The summed E-state index contributed by atoms with van der Waals surface area (Å²) < 4.78 is 0.